The first-order chi connectivity index (χ1) is 16.0. The predicted octanol–water partition coefficient (Wildman–Crippen LogP) is 5.92. The number of anilines is 1. The number of amides is 1. The zero-order chi connectivity index (χ0) is 22.9. The number of carbonyl (C=O) groups excluding carboxylic acids is 1. The maximum Gasteiger partial charge on any atom is 0.260 e. The van der Waals surface area contributed by atoms with Crippen molar-refractivity contribution < 1.29 is 9.18 Å². The van der Waals surface area contributed by atoms with E-state index in [0.29, 0.717) is 34.0 Å². The fraction of sp³-hybridized carbons (Fsp3) is 0.160. The molecule has 0 unspecified atom stereocenters. The fourth-order valence-corrected chi connectivity index (χ4v) is 5.34. The molecule has 5 aromatic rings. The van der Waals surface area contributed by atoms with Gasteiger partial charge in [-0.2, -0.15) is 0 Å². The molecule has 8 heteroatoms. The molecule has 1 amide bonds. The molecule has 33 heavy (non-hydrogen) atoms. The van der Waals surface area contributed by atoms with Crippen molar-refractivity contribution in [1.82, 2.24) is 14.9 Å². The van der Waals surface area contributed by atoms with Gasteiger partial charge in [0.15, 0.2) is 5.13 Å². The van der Waals surface area contributed by atoms with Crippen LogP contribution in [0.1, 0.15) is 10.4 Å². The number of carbonyl (C=O) groups is 1. The van der Waals surface area contributed by atoms with Crippen molar-refractivity contribution in [2.75, 3.05) is 32.1 Å². The van der Waals surface area contributed by atoms with Crippen LogP contribution in [0, 0.1) is 5.82 Å². The minimum atomic E-state index is -0.315. The first-order valence-corrected chi connectivity index (χ1v) is 12.2. The zero-order valence-corrected chi connectivity index (χ0v) is 19.8. The van der Waals surface area contributed by atoms with E-state index >= 15 is 0 Å². The van der Waals surface area contributed by atoms with E-state index in [-0.39, 0.29) is 11.7 Å². The summed E-state index contributed by atoms with van der Waals surface area (Å²) in [5.41, 5.74) is 2.79. The van der Waals surface area contributed by atoms with Crippen molar-refractivity contribution in [1.29, 1.82) is 0 Å². The van der Waals surface area contributed by atoms with Gasteiger partial charge in [0.1, 0.15) is 5.82 Å². The number of hydrogen-bond donors (Lipinski definition) is 0. The highest BCUT2D eigenvalue weighted by molar-refractivity contribution is 7.22. The zero-order valence-electron chi connectivity index (χ0n) is 18.2. The lowest BCUT2D eigenvalue weighted by Crippen LogP contribution is -2.37. The monoisotopic (exact) mass is 476 g/mol. The second-order valence-electron chi connectivity index (χ2n) is 7.92. The first kappa shape index (κ1) is 21.6. The van der Waals surface area contributed by atoms with Crippen LogP contribution in [0.25, 0.3) is 31.7 Å². The van der Waals surface area contributed by atoms with Crippen LogP contribution in [-0.2, 0) is 0 Å². The van der Waals surface area contributed by atoms with E-state index in [0.717, 1.165) is 21.5 Å². The maximum atomic E-state index is 14.0. The summed E-state index contributed by atoms with van der Waals surface area (Å²) >= 11 is 2.91. The van der Waals surface area contributed by atoms with Crippen LogP contribution < -0.4 is 4.90 Å². The van der Waals surface area contributed by atoms with Gasteiger partial charge in [0.2, 0.25) is 0 Å². The third-order valence-corrected chi connectivity index (χ3v) is 7.24. The number of nitrogens with zero attached hydrogens (tertiary/aromatic N) is 4. The van der Waals surface area contributed by atoms with Crippen LogP contribution in [0.4, 0.5) is 9.52 Å². The standard InChI is InChI=1S/C25H21FN4OS2/c1-29(2)11-12-30(25-28-20-10-9-16(26)14-23(20)33-25)24(31)18-15-21(22-8-5-13-32-22)27-19-7-4-3-6-17(18)19/h3-10,13-15H,11-12H2,1-2H3. The van der Waals surface area contributed by atoms with E-state index in [1.165, 1.54) is 23.5 Å². The van der Waals surface area contributed by atoms with Gasteiger partial charge in [0.25, 0.3) is 5.91 Å². The van der Waals surface area contributed by atoms with Crippen LogP contribution in [0.2, 0.25) is 0 Å². The van der Waals surface area contributed by atoms with Gasteiger partial charge in [0.05, 0.1) is 31.9 Å². The summed E-state index contributed by atoms with van der Waals surface area (Å²) in [5.74, 6) is -0.461. The van der Waals surface area contributed by atoms with E-state index in [9.17, 15) is 9.18 Å². The lowest BCUT2D eigenvalue weighted by molar-refractivity contribution is 0.0986. The van der Waals surface area contributed by atoms with Crippen molar-refractivity contribution in [3.63, 3.8) is 0 Å². The number of hydrogen-bond acceptors (Lipinski definition) is 6. The summed E-state index contributed by atoms with van der Waals surface area (Å²) < 4.78 is 14.5. The molecule has 2 aromatic carbocycles. The van der Waals surface area contributed by atoms with Crippen LogP contribution >= 0.6 is 22.7 Å². The van der Waals surface area contributed by atoms with Crippen molar-refractivity contribution in [3.8, 4) is 10.6 Å². The summed E-state index contributed by atoms with van der Waals surface area (Å²) in [6.45, 7) is 1.12. The molecule has 0 aliphatic heterocycles. The summed E-state index contributed by atoms with van der Waals surface area (Å²) in [5, 5.41) is 3.35. The molecule has 0 saturated heterocycles. The Morgan fingerprint density at radius 3 is 2.61 bits per heavy atom. The minimum absolute atomic E-state index is 0.146. The quantitative estimate of drug-likeness (QED) is 0.305. The van der Waals surface area contributed by atoms with Crippen molar-refractivity contribution in [2.24, 2.45) is 0 Å². The van der Waals surface area contributed by atoms with Gasteiger partial charge in [-0.1, -0.05) is 35.6 Å². The van der Waals surface area contributed by atoms with E-state index in [1.54, 1.807) is 22.3 Å². The molecule has 0 atom stereocenters. The van der Waals surface area contributed by atoms with Crippen LogP contribution in [0.15, 0.2) is 66.0 Å². The number of fused-ring (bicyclic) bond motifs is 2. The molecule has 0 spiro atoms. The van der Waals surface area contributed by atoms with Crippen LogP contribution in [-0.4, -0.2) is 48.0 Å². The molecule has 0 radical (unpaired) electrons. The average molecular weight is 477 g/mol. The Labute approximate surface area is 198 Å². The SMILES string of the molecule is CN(C)CCN(C(=O)c1cc(-c2cccs2)nc2ccccc12)c1nc2ccc(F)cc2s1. The minimum Gasteiger partial charge on any atom is -0.308 e. The number of likely N-dealkylation sites (N-methyl/N-ethyl adjacent to an activating group) is 1. The maximum absolute atomic E-state index is 14.0. The normalized spacial score (nSPS) is 11.5. The Hall–Kier alpha value is -3.20. The Balaban J connectivity index is 1.64. The third kappa shape index (κ3) is 4.37. The van der Waals surface area contributed by atoms with E-state index in [4.69, 9.17) is 4.98 Å². The molecule has 0 bridgehead atoms. The molecule has 5 nitrogen and oxygen atoms in total. The number of halogens is 1. The highest BCUT2D eigenvalue weighted by atomic mass is 32.1. The van der Waals surface area contributed by atoms with Gasteiger partial charge in [-0.15, -0.1) is 11.3 Å². The number of rotatable bonds is 6. The van der Waals surface area contributed by atoms with Gasteiger partial charge >= 0.3 is 0 Å². The number of para-hydroxylation sites is 1. The molecular formula is C25H21FN4OS2. The average Bonchev–Trinajstić information content (AvgIpc) is 3.48. The summed E-state index contributed by atoms with van der Waals surface area (Å²) in [6, 6.07) is 18.0. The second kappa shape index (κ2) is 8.97. The first-order valence-electron chi connectivity index (χ1n) is 10.5. The molecule has 0 fully saturated rings. The van der Waals surface area contributed by atoms with Crippen molar-refractivity contribution in [2.45, 2.75) is 0 Å². The van der Waals surface area contributed by atoms with Gasteiger partial charge in [-0.05, 0) is 55.9 Å². The van der Waals surface area contributed by atoms with E-state index in [2.05, 4.69) is 4.98 Å². The third-order valence-electron chi connectivity index (χ3n) is 5.31. The van der Waals surface area contributed by atoms with Crippen LogP contribution in [0.3, 0.4) is 0 Å². The highest BCUT2D eigenvalue weighted by Gasteiger charge is 2.24. The topological polar surface area (TPSA) is 49.3 Å². The van der Waals surface area contributed by atoms with E-state index in [1.807, 2.05) is 66.8 Å². The molecule has 0 N–H and O–H groups in total. The van der Waals surface area contributed by atoms with Gasteiger partial charge < -0.3 is 4.90 Å². The van der Waals surface area contributed by atoms with Gasteiger partial charge in [-0.3, -0.25) is 9.69 Å². The smallest absolute Gasteiger partial charge is 0.260 e. The van der Waals surface area contributed by atoms with Gasteiger partial charge in [0, 0.05) is 18.5 Å². The Morgan fingerprint density at radius 2 is 1.82 bits per heavy atom. The number of pyridine rings is 1. The fourth-order valence-electron chi connectivity index (χ4n) is 3.63. The molecule has 0 saturated carbocycles. The van der Waals surface area contributed by atoms with Gasteiger partial charge in [-0.25, -0.2) is 14.4 Å². The molecule has 0 aliphatic rings. The largest absolute Gasteiger partial charge is 0.308 e. The Morgan fingerprint density at radius 1 is 0.970 bits per heavy atom. The summed E-state index contributed by atoms with van der Waals surface area (Å²) in [6.07, 6.45) is 0. The van der Waals surface area contributed by atoms with Crippen molar-refractivity contribution in [3.05, 3.63) is 77.4 Å². The molecule has 3 aromatic heterocycles. The lowest BCUT2D eigenvalue weighted by Gasteiger charge is -2.23. The number of thiazole rings is 1. The van der Waals surface area contributed by atoms with Crippen molar-refractivity contribution >= 4 is 54.8 Å². The lowest BCUT2D eigenvalue weighted by atomic mass is 10.1. The number of benzene rings is 2. The Kier molecular flexibility index (Phi) is 5.88. The highest BCUT2D eigenvalue weighted by Crippen LogP contribution is 2.33. The summed E-state index contributed by atoms with van der Waals surface area (Å²) in [4.78, 5) is 28.2. The van der Waals surface area contributed by atoms with Crippen LogP contribution in [0.5, 0.6) is 0 Å². The molecule has 5 rings (SSSR count). The predicted molar refractivity (Wildman–Crippen MR) is 135 cm³/mol. The number of aromatic nitrogens is 2. The molecule has 3 heterocycles. The Bertz CT molecular complexity index is 1450. The molecular weight excluding hydrogens is 455 g/mol. The molecule has 166 valence electrons. The second-order valence-corrected chi connectivity index (χ2v) is 9.87. The molecule has 0 aliphatic carbocycles. The number of thiophene rings is 1. The van der Waals surface area contributed by atoms with E-state index < -0.39 is 0 Å². The summed E-state index contributed by atoms with van der Waals surface area (Å²) in [7, 11) is 3.93.